The van der Waals surface area contributed by atoms with E-state index in [4.69, 9.17) is 0 Å². The number of hydrogen-bond donors (Lipinski definition) is 0. The third kappa shape index (κ3) is 4.33. The Balaban J connectivity index is 1.27. The van der Waals surface area contributed by atoms with Gasteiger partial charge in [0.1, 0.15) is 0 Å². The highest BCUT2D eigenvalue weighted by atomic mass is 14.5. The van der Waals surface area contributed by atoms with Crippen molar-refractivity contribution >= 4 is 60.8 Å². The molecule has 0 saturated carbocycles. The highest BCUT2D eigenvalue weighted by Gasteiger charge is 2.51. The molecule has 2 aliphatic carbocycles. The Hall–Kier alpha value is -7.28. The Kier molecular flexibility index (Phi) is 7.18. The van der Waals surface area contributed by atoms with E-state index < -0.39 is 5.41 Å². The first-order chi connectivity index (χ1) is 28.1. The Bertz CT molecular complexity index is 3260. The Morgan fingerprint density at radius 3 is 1.68 bits per heavy atom. The highest BCUT2D eigenvalue weighted by Crippen LogP contribution is 2.63. The molecule has 0 unspecified atom stereocenters. The van der Waals surface area contributed by atoms with E-state index >= 15 is 0 Å². The second kappa shape index (κ2) is 12.4. The van der Waals surface area contributed by atoms with Gasteiger partial charge in [0.2, 0.25) is 0 Å². The van der Waals surface area contributed by atoms with Crippen molar-refractivity contribution in [2.24, 2.45) is 0 Å². The molecule has 0 aromatic heterocycles. The standard InChI is InChI=1S/C57H38/c1-5-35-25-26-37-27-28-38(33-49(37)40(35)6-2)55-47-22-12-11-21-46(47)54(48-32-29-36-17-9-10-18-42(36)56(48)55)39-30-31-45-41(7-3)50(8-4)57(53(45)34-39)51-23-15-13-19-43(51)44-20-14-16-24-52(44)57/h5-34H,1-4H2. The molecular formula is C57H38. The minimum Gasteiger partial charge on any atom is -0.0987 e. The van der Waals surface area contributed by atoms with Crippen LogP contribution in [0.15, 0.2) is 202 Å². The van der Waals surface area contributed by atoms with Crippen molar-refractivity contribution in [2.45, 2.75) is 5.41 Å². The van der Waals surface area contributed by atoms with Crippen LogP contribution in [0.1, 0.15) is 33.4 Å². The van der Waals surface area contributed by atoms with Crippen molar-refractivity contribution < 1.29 is 0 Å². The first-order valence-corrected chi connectivity index (χ1v) is 19.6. The number of hydrogen-bond acceptors (Lipinski definition) is 0. The van der Waals surface area contributed by atoms with Crippen molar-refractivity contribution in [3.05, 3.63) is 235 Å². The van der Waals surface area contributed by atoms with Gasteiger partial charge in [-0.25, -0.2) is 0 Å². The highest BCUT2D eigenvalue weighted by molar-refractivity contribution is 6.28. The zero-order valence-corrected chi connectivity index (χ0v) is 31.6. The van der Waals surface area contributed by atoms with E-state index in [1.807, 2.05) is 18.2 Å². The predicted molar refractivity (Wildman–Crippen MR) is 247 cm³/mol. The maximum Gasteiger partial charge on any atom is 0.0725 e. The lowest BCUT2D eigenvalue weighted by Gasteiger charge is -2.32. The minimum atomic E-state index is -0.514. The normalized spacial score (nSPS) is 13.6. The molecule has 0 nitrogen and oxygen atoms in total. The molecule has 0 atom stereocenters. The van der Waals surface area contributed by atoms with Crippen LogP contribution < -0.4 is 0 Å². The van der Waals surface area contributed by atoms with Gasteiger partial charge in [-0.3, -0.25) is 0 Å². The molecule has 0 bridgehead atoms. The van der Waals surface area contributed by atoms with Crippen LogP contribution in [0.5, 0.6) is 0 Å². The van der Waals surface area contributed by atoms with Gasteiger partial charge < -0.3 is 0 Å². The van der Waals surface area contributed by atoms with E-state index in [0.29, 0.717) is 0 Å². The molecule has 0 N–H and O–H groups in total. The summed E-state index contributed by atoms with van der Waals surface area (Å²) >= 11 is 0. The summed E-state index contributed by atoms with van der Waals surface area (Å²) in [7, 11) is 0. The SMILES string of the molecule is C=CC1=C(C=C)C2(c3cc(-c4c5ccccc5c(-c5ccc6ccc(C=C)c(C=C)c6c5)c5c4ccc4ccccc45)ccc31)c1ccccc1-c1ccccc12. The van der Waals surface area contributed by atoms with Crippen LogP contribution in [-0.4, -0.2) is 0 Å². The quantitative estimate of drug-likeness (QED) is 0.118. The van der Waals surface area contributed by atoms with Crippen LogP contribution >= 0.6 is 0 Å². The Morgan fingerprint density at radius 1 is 0.386 bits per heavy atom. The van der Waals surface area contributed by atoms with Crippen LogP contribution in [0.4, 0.5) is 0 Å². The third-order valence-corrected chi connectivity index (χ3v) is 12.8. The minimum absolute atomic E-state index is 0.514. The fourth-order valence-electron chi connectivity index (χ4n) is 10.5. The summed E-state index contributed by atoms with van der Waals surface area (Å²) in [6, 6.07) is 58.6. The molecule has 266 valence electrons. The van der Waals surface area contributed by atoms with Gasteiger partial charge in [0.25, 0.3) is 0 Å². The first kappa shape index (κ1) is 33.1. The molecule has 57 heavy (non-hydrogen) atoms. The van der Waals surface area contributed by atoms with E-state index in [9.17, 15) is 0 Å². The molecule has 2 aliphatic rings. The zero-order chi connectivity index (χ0) is 38.4. The molecule has 0 heteroatoms. The fourth-order valence-corrected chi connectivity index (χ4v) is 10.5. The molecule has 1 spiro atoms. The third-order valence-electron chi connectivity index (χ3n) is 12.8. The average molecular weight is 723 g/mol. The van der Waals surface area contributed by atoms with Gasteiger partial charge in [0, 0.05) is 0 Å². The summed E-state index contributed by atoms with van der Waals surface area (Å²) in [5.74, 6) is 0. The Morgan fingerprint density at radius 2 is 0.982 bits per heavy atom. The molecule has 11 rings (SSSR count). The second-order valence-electron chi connectivity index (χ2n) is 15.3. The summed E-state index contributed by atoms with van der Waals surface area (Å²) in [6.45, 7) is 17.1. The molecule has 0 fully saturated rings. The van der Waals surface area contributed by atoms with Gasteiger partial charge in [0.05, 0.1) is 5.41 Å². The van der Waals surface area contributed by atoms with E-state index in [1.54, 1.807) is 0 Å². The van der Waals surface area contributed by atoms with Crippen LogP contribution in [0.3, 0.4) is 0 Å². The lowest BCUT2D eigenvalue weighted by atomic mass is 9.69. The van der Waals surface area contributed by atoms with Gasteiger partial charge >= 0.3 is 0 Å². The summed E-state index contributed by atoms with van der Waals surface area (Å²) in [4.78, 5) is 0. The van der Waals surface area contributed by atoms with Crippen molar-refractivity contribution in [3.8, 4) is 33.4 Å². The predicted octanol–water partition coefficient (Wildman–Crippen LogP) is 15.4. The van der Waals surface area contributed by atoms with Crippen molar-refractivity contribution in [3.63, 3.8) is 0 Å². The maximum atomic E-state index is 4.44. The summed E-state index contributed by atoms with van der Waals surface area (Å²) < 4.78 is 0. The average Bonchev–Trinajstić information content (AvgIpc) is 3.73. The summed E-state index contributed by atoms with van der Waals surface area (Å²) in [5.41, 5.74) is 16.5. The largest absolute Gasteiger partial charge is 0.0987 e. The van der Waals surface area contributed by atoms with Crippen LogP contribution in [0.25, 0.3) is 94.2 Å². The van der Waals surface area contributed by atoms with Gasteiger partial charge in [-0.1, -0.05) is 196 Å². The summed E-state index contributed by atoms with van der Waals surface area (Å²) in [5, 5.41) is 9.74. The first-order valence-electron chi connectivity index (χ1n) is 19.6. The fraction of sp³-hybridized carbons (Fsp3) is 0.0175. The van der Waals surface area contributed by atoms with Gasteiger partial charge in [0.15, 0.2) is 0 Å². The van der Waals surface area contributed by atoms with E-state index in [0.717, 1.165) is 16.7 Å². The monoisotopic (exact) mass is 722 g/mol. The van der Waals surface area contributed by atoms with Crippen molar-refractivity contribution in [1.29, 1.82) is 0 Å². The lowest BCUT2D eigenvalue weighted by Crippen LogP contribution is -2.26. The molecule has 0 aliphatic heterocycles. The topological polar surface area (TPSA) is 0 Å². The van der Waals surface area contributed by atoms with Gasteiger partial charge in [-0.15, -0.1) is 0 Å². The number of rotatable bonds is 6. The van der Waals surface area contributed by atoms with Crippen LogP contribution in [-0.2, 0) is 5.41 Å². The van der Waals surface area contributed by atoms with Gasteiger partial charge in [-0.05, 0) is 133 Å². The zero-order valence-electron chi connectivity index (χ0n) is 31.6. The smallest absolute Gasteiger partial charge is 0.0725 e. The van der Waals surface area contributed by atoms with E-state index in [1.165, 1.54) is 104 Å². The molecule has 0 saturated heterocycles. The lowest BCUT2D eigenvalue weighted by molar-refractivity contribution is 0.787. The molecule has 9 aromatic carbocycles. The van der Waals surface area contributed by atoms with E-state index in [-0.39, 0.29) is 0 Å². The van der Waals surface area contributed by atoms with Gasteiger partial charge in [-0.2, -0.15) is 0 Å². The van der Waals surface area contributed by atoms with Crippen molar-refractivity contribution in [2.75, 3.05) is 0 Å². The van der Waals surface area contributed by atoms with Crippen LogP contribution in [0.2, 0.25) is 0 Å². The molecular weight excluding hydrogens is 685 g/mol. The van der Waals surface area contributed by atoms with Crippen LogP contribution in [0, 0.1) is 0 Å². The molecule has 0 radical (unpaired) electrons. The Labute approximate surface area is 333 Å². The second-order valence-corrected chi connectivity index (χ2v) is 15.3. The molecule has 0 heterocycles. The maximum absolute atomic E-state index is 4.44. The number of fused-ring (bicyclic) bond motifs is 12. The molecule has 0 amide bonds. The summed E-state index contributed by atoms with van der Waals surface area (Å²) in [6.07, 6.45) is 7.98. The number of allylic oxidation sites excluding steroid dienone is 4. The number of benzene rings is 9. The van der Waals surface area contributed by atoms with E-state index in [2.05, 4.69) is 190 Å². The molecule has 9 aromatic rings. The van der Waals surface area contributed by atoms with Crippen molar-refractivity contribution in [1.82, 2.24) is 0 Å².